The van der Waals surface area contributed by atoms with Crippen molar-refractivity contribution in [1.82, 2.24) is 0 Å². The smallest absolute Gasteiger partial charge is 0.306 e. The Kier molecular flexibility index (Phi) is 65.6. The maximum atomic E-state index is 13.0. The van der Waals surface area contributed by atoms with Gasteiger partial charge in [0.15, 0.2) is 6.10 Å². The normalized spacial score (nSPS) is 12.1. The molecular weight excluding hydrogens is 961 g/mol. The zero-order chi connectivity index (χ0) is 56.4. The fourth-order valence-electron chi connectivity index (χ4n) is 10.9. The molecule has 0 aliphatic heterocycles. The summed E-state index contributed by atoms with van der Waals surface area (Å²) < 4.78 is 17.0. The van der Waals surface area contributed by atoms with E-state index in [0.29, 0.717) is 19.3 Å². The fraction of sp³-hybridized carbons (Fsp3) is 0.903. The number of hydrogen-bond donors (Lipinski definition) is 0. The van der Waals surface area contributed by atoms with E-state index in [2.05, 4.69) is 45.1 Å². The molecule has 0 aromatic carbocycles. The molecule has 1 atom stereocenters. The van der Waals surface area contributed by atoms with Gasteiger partial charge in [0, 0.05) is 19.3 Å². The molecule has 0 aliphatic rings. The van der Waals surface area contributed by atoms with Crippen LogP contribution in [0.15, 0.2) is 24.3 Å². The van der Waals surface area contributed by atoms with Crippen molar-refractivity contribution >= 4 is 17.9 Å². The third-order valence-electron chi connectivity index (χ3n) is 16.2. The number of allylic oxidation sites excluding steroid dienone is 4. The fourth-order valence-corrected chi connectivity index (χ4v) is 10.9. The lowest BCUT2D eigenvalue weighted by Crippen LogP contribution is -2.30. The lowest BCUT2D eigenvalue weighted by Gasteiger charge is -2.18. The average molecular weight is 1100 g/mol. The van der Waals surface area contributed by atoms with Gasteiger partial charge < -0.3 is 14.2 Å². The van der Waals surface area contributed by atoms with E-state index in [9.17, 15) is 14.4 Å². The first-order valence-corrected chi connectivity index (χ1v) is 35.3. The Hall–Kier alpha value is -2.11. The highest BCUT2D eigenvalue weighted by atomic mass is 16.6. The molecule has 0 amide bonds. The summed E-state index contributed by atoms with van der Waals surface area (Å²) in [5.41, 5.74) is 0. The molecule has 6 heteroatoms. The first-order valence-electron chi connectivity index (χ1n) is 35.3. The maximum Gasteiger partial charge on any atom is 0.306 e. The van der Waals surface area contributed by atoms with E-state index in [-0.39, 0.29) is 31.1 Å². The SMILES string of the molecule is CCCCCCC/C=C\C/C=C\CCCCCCCCCCCCCC(=O)OCC(COC(=O)CCCCCCCCCCCCCCCC)OC(=O)CCCCCCCCCCCCCCCCCCCCCCCCC. The van der Waals surface area contributed by atoms with Crippen LogP contribution in [0.2, 0.25) is 0 Å². The number of carbonyl (C=O) groups is 3. The van der Waals surface area contributed by atoms with Gasteiger partial charge in [-0.05, 0) is 51.4 Å². The molecule has 78 heavy (non-hydrogen) atoms. The van der Waals surface area contributed by atoms with Crippen LogP contribution in [0.25, 0.3) is 0 Å². The van der Waals surface area contributed by atoms with Gasteiger partial charge >= 0.3 is 17.9 Å². The Bertz CT molecular complexity index is 1260. The molecular formula is C72H136O6. The second-order valence-corrected chi connectivity index (χ2v) is 24.2. The predicted octanol–water partition coefficient (Wildman–Crippen LogP) is 24.2. The minimum Gasteiger partial charge on any atom is -0.462 e. The molecule has 6 nitrogen and oxygen atoms in total. The van der Waals surface area contributed by atoms with Crippen molar-refractivity contribution in [3.63, 3.8) is 0 Å². The van der Waals surface area contributed by atoms with Crippen LogP contribution >= 0.6 is 0 Å². The van der Waals surface area contributed by atoms with Crippen molar-refractivity contribution < 1.29 is 28.6 Å². The maximum absolute atomic E-state index is 13.0. The minimum absolute atomic E-state index is 0.0648. The highest BCUT2D eigenvalue weighted by molar-refractivity contribution is 5.71. The minimum atomic E-state index is -0.768. The van der Waals surface area contributed by atoms with Gasteiger partial charge in [-0.25, -0.2) is 0 Å². The Morgan fingerprint density at radius 3 is 0.705 bits per heavy atom. The number of carbonyl (C=O) groups excluding carboxylic acids is 3. The monoisotopic (exact) mass is 1100 g/mol. The van der Waals surface area contributed by atoms with Crippen LogP contribution in [-0.2, 0) is 28.6 Å². The van der Waals surface area contributed by atoms with Gasteiger partial charge in [-0.3, -0.25) is 14.4 Å². The third kappa shape index (κ3) is 64.7. The number of rotatable bonds is 66. The Balaban J connectivity index is 4.25. The van der Waals surface area contributed by atoms with Crippen LogP contribution in [0.1, 0.15) is 400 Å². The third-order valence-corrected chi connectivity index (χ3v) is 16.2. The van der Waals surface area contributed by atoms with Gasteiger partial charge in [0.25, 0.3) is 0 Å². The summed E-state index contributed by atoms with van der Waals surface area (Å²) in [5.74, 6) is -0.833. The van der Waals surface area contributed by atoms with Crippen LogP contribution in [0.3, 0.4) is 0 Å². The Labute approximate surface area is 487 Å². The van der Waals surface area contributed by atoms with E-state index in [4.69, 9.17) is 14.2 Å². The average Bonchev–Trinajstić information content (AvgIpc) is 3.44. The predicted molar refractivity (Wildman–Crippen MR) is 340 cm³/mol. The number of esters is 3. The summed E-state index contributed by atoms with van der Waals surface area (Å²) in [6, 6.07) is 0. The highest BCUT2D eigenvalue weighted by Gasteiger charge is 2.19. The van der Waals surface area contributed by atoms with Crippen molar-refractivity contribution in [3.8, 4) is 0 Å². The van der Waals surface area contributed by atoms with E-state index in [1.807, 2.05) is 0 Å². The molecule has 460 valence electrons. The summed E-state index contributed by atoms with van der Waals surface area (Å²) in [6.07, 6.45) is 82.0. The highest BCUT2D eigenvalue weighted by Crippen LogP contribution is 2.19. The summed E-state index contributed by atoms with van der Waals surface area (Å²) in [5, 5.41) is 0. The standard InChI is InChI=1S/C72H136O6/c1-4-7-10-13-16-19-22-25-28-30-32-34-36-38-40-42-44-47-50-53-56-59-62-65-71(74)77-68-69(67-76-70(73)64-61-58-55-52-49-46-27-24-21-18-15-12-9-6-3)78-72(75)66-63-60-57-54-51-48-45-43-41-39-37-35-33-31-29-26-23-20-17-14-11-8-5-2/h22,25,30,32,69H,4-21,23-24,26-29,31,33-68H2,1-3H3/b25-22-,32-30-. The summed E-state index contributed by atoms with van der Waals surface area (Å²) in [4.78, 5) is 38.4. The summed E-state index contributed by atoms with van der Waals surface area (Å²) in [7, 11) is 0. The van der Waals surface area contributed by atoms with Gasteiger partial charge in [0.2, 0.25) is 0 Å². The van der Waals surface area contributed by atoms with Gasteiger partial charge in [0.1, 0.15) is 13.2 Å². The second kappa shape index (κ2) is 67.4. The van der Waals surface area contributed by atoms with Crippen LogP contribution in [0.5, 0.6) is 0 Å². The zero-order valence-electron chi connectivity index (χ0n) is 53.0. The zero-order valence-corrected chi connectivity index (χ0v) is 53.0. The molecule has 0 rings (SSSR count). The number of hydrogen-bond acceptors (Lipinski definition) is 6. The van der Waals surface area contributed by atoms with Crippen LogP contribution < -0.4 is 0 Å². The molecule has 1 unspecified atom stereocenters. The Morgan fingerprint density at radius 2 is 0.462 bits per heavy atom. The number of ether oxygens (including phenoxy) is 3. The molecule has 0 bridgehead atoms. The van der Waals surface area contributed by atoms with Crippen molar-refractivity contribution in [2.45, 2.75) is 406 Å². The molecule has 0 N–H and O–H groups in total. The molecule has 0 aromatic heterocycles. The quantitative estimate of drug-likeness (QED) is 0.0261. The van der Waals surface area contributed by atoms with Crippen molar-refractivity contribution in [3.05, 3.63) is 24.3 Å². The van der Waals surface area contributed by atoms with Crippen molar-refractivity contribution in [2.75, 3.05) is 13.2 Å². The summed E-state index contributed by atoms with van der Waals surface area (Å²) >= 11 is 0. The van der Waals surface area contributed by atoms with Gasteiger partial charge in [-0.2, -0.15) is 0 Å². The molecule has 0 aromatic rings. The van der Waals surface area contributed by atoms with Gasteiger partial charge in [-0.1, -0.05) is 353 Å². The van der Waals surface area contributed by atoms with Crippen LogP contribution in [0.4, 0.5) is 0 Å². The molecule has 0 aliphatic carbocycles. The first-order chi connectivity index (χ1) is 38.5. The summed E-state index contributed by atoms with van der Waals surface area (Å²) in [6.45, 7) is 6.71. The lowest BCUT2D eigenvalue weighted by atomic mass is 10.0. The number of unbranched alkanes of at least 4 members (excludes halogenated alkanes) is 51. The molecule has 0 radical (unpaired) electrons. The largest absolute Gasteiger partial charge is 0.462 e. The van der Waals surface area contributed by atoms with E-state index >= 15 is 0 Å². The van der Waals surface area contributed by atoms with Gasteiger partial charge in [0.05, 0.1) is 0 Å². The molecule has 0 saturated carbocycles. The molecule has 0 heterocycles. The lowest BCUT2D eigenvalue weighted by molar-refractivity contribution is -0.167. The van der Waals surface area contributed by atoms with Gasteiger partial charge in [-0.15, -0.1) is 0 Å². The van der Waals surface area contributed by atoms with E-state index in [0.717, 1.165) is 64.2 Å². The van der Waals surface area contributed by atoms with Crippen LogP contribution in [-0.4, -0.2) is 37.2 Å². The molecule has 0 fully saturated rings. The van der Waals surface area contributed by atoms with E-state index in [1.165, 1.54) is 295 Å². The molecule has 0 saturated heterocycles. The first kappa shape index (κ1) is 75.9. The van der Waals surface area contributed by atoms with Crippen molar-refractivity contribution in [2.24, 2.45) is 0 Å². The van der Waals surface area contributed by atoms with Crippen LogP contribution in [0, 0.1) is 0 Å². The second-order valence-electron chi connectivity index (χ2n) is 24.2. The topological polar surface area (TPSA) is 78.9 Å². The van der Waals surface area contributed by atoms with Crippen molar-refractivity contribution in [1.29, 1.82) is 0 Å². The van der Waals surface area contributed by atoms with E-state index < -0.39 is 6.10 Å². The van der Waals surface area contributed by atoms with E-state index in [1.54, 1.807) is 0 Å². The molecule has 0 spiro atoms. The Morgan fingerprint density at radius 1 is 0.256 bits per heavy atom.